The van der Waals surface area contributed by atoms with Gasteiger partial charge in [0, 0.05) is 59.1 Å². The van der Waals surface area contributed by atoms with Gasteiger partial charge >= 0.3 is 0 Å². The molecule has 0 spiro atoms. The number of nitrogens with one attached hydrogen (secondary N) is 1. The minimum absolute atomic E-state index is 0.107. The molecule has 0 atom stereocenters. The normalized spacial score (nSPS) is 12.6. The molecule has 6 aromatic carbocycles. The Bertz CT molecular complexity index is 2600. The van der Waals surface area contributed by atoms with Gasteiger partial charge in [-0.1, -0.05) is 113 Å². The summed E-state index contributed by atoms with van der Waals surface area (Å²) >= 11 is 1.88. The van der Waals surface area contributed by atoms with E-state index in [1.165, 1.54) is 106 Å². The number of nitrogens with zero attached hydrogens (tertiary/aromatic N) is 1. The van der Waals surface area contributed by atoms with Crippen LogP contribution in [-0.2, 0) is 11.8 Å². The standard InChI is InChI=1S/C46H42BN2S/c1-6-7-8-13-29-18-23-40-37(25-29)47-44-36(24-28(2)43-33-15-9-11-16-39(33)49(40)45(43)44)34-26-35-32-14-10-12-17-41(32)50-42(35)27-38(34)48-31-21-19-30(20-22-31)46(3,4)5/h9-12,14-27,48H,6-8,13H2,1-5H3. The van der Waals surface area contributed by atoms with Crippen molar-refractivity contribution in [2.24, 2.45) is 0 Å². The van der Waals surface area contributed by atoms with Gasteiger partial charge in [-0.05, 0) is 95.4 Å². The van der Waals surface area contributed by atoms with Gasteiger partial charge in [-0.2, -0.15) is 0 Å². The Morgan fingerprint density at radius 3 is 2.32 bits per heavy atom. The van der Waals surface area contributed by atoms with Crippen molar-refractivity contribution in [1.82, 2.24) is 4.57 Å². The van der Waals surface area contributed by atoms with E-state index in [-0.39, 0.29) is 5.41 Å². The summed E-state index contributed by atoms with van der Waals surface area (Å²) in [4.78, 5) is 0. The molecule has 0 saturated carbocycles. The van der Waals surface area contributed by atoms with Crippen molar-refractivity contribution in [3.8, 4) is 16.8 Å². The molecule has 3 heterocycles. The molecule has 0 aliphatic carbocycles. The van der Waals surface area contributed by atoms with Gasteiger partial charge in [-0.25, -0.2) is 0 Å². The summed E-state index contributed by atoms with van der Waals surface area (Å²) < 4.78 is 5.16. The van der Waals surface area contributed by atoms with Crippen molar-refractivity contribution >= 4 is 82.9 Å². The molecule has 1 radical (unpaired) electrons. The zero-order chi connectivity index (χ0) is 34.1. The first-order valence-corrected chi connectivity index (χ1v) is 19.0. The summed E-state index contributed by atoms with van der Waals surface area (Å²) in [7, 11) is 2.48. The first-order chi connectivity index (χ1) is 24.3. The van der Waals surface area contributed by atoms with Crippen molar-refractivity contribution in [2.45, 2.75) is 65.7 Å². The summed E-state index contributed by atoms with van der Waals surface area (Å²) in [6.07, 6.45) is 4.85. The molecule has 1 aliphatic heterocycles. The molecule has 1 aliphatic rings. The van der Waals surface area contributed by atoms with E-state index in [0.717, 1.165) is 17.8 Å². The molecule has 2 aromatic heterocycles. The van der Waals surface area contributed by atoms with Crippen LogP contribution in [0.15, 0.2) is 109 Å². The van der Waals surface area contributed by atoms with Crippen LogP contribution in [0.3, 0.4) is 0 Å². The summed E-state index contributed by atoms with van der Waals surface area (Å²) in [6.45, 7) is 11.4. The van der Waals surface area contributed by atoms with Crippen molar-refractivity contribution in [2.75, 3.05) is 5.32 Å². The van der Waals surface area contributed by atoms with Crippen molar-refractivity contribution in [1.29, 1.82) is 0 Å². The van der Waals surface area contributed by atoms with Crippen molar-refractivity contribution < 1.29 is 0 Å². The molecule has 0 fully saturated rings. The molecule has 50 heavy (non-hydrogen) atoms. The van der Waals surface area contributed by atoms with Crippen LogP contribution in [0, 0.1) is 6.92 Å². The fourth-order valence-electron chi connectivity index (χ4n) is 8.13. The number of aromatic nitrogens is 1. The second kappa shape index (κ2) is 11.9. The van der Waals surface area contributed by atoms with Gasteiger partial charge < -0.3 is 9.88 Å². The number of benzene rings is 6. The number of thiophene rings is 1. The maximum Gasteiger partial charge on any atom is 0.197 e. The van der Waals surface area contributed by atoms with Gasteiger partial charge in [0.05, 0.1) is 5.52 Å². The zero-order valence-corrected chi connectivity index (χ0v) is 30.5. The van der Waals surface area contributed by atoms with E-state index in [1.54, 1.807) is 0 Å². The minimum atomic E-state index is 0.107. The predicted octanol–water partition coefficient (Wildman–Crippen LogP) is 11.9. The summed E-state index contributed by atoms with van der Waals surface area (Å²) in [5.74, 6) is 0. The number of unbranched alkanes of at least 4 members (excludes halogenated alkanes) is 2. The molecule has 4 heteroatoms. The molecule has 0 bridgehead atoms. The Labute approximate surface area is 300 Å². The number of anilines is 2. The number of hydrogen-bond donors (Lipinski definition) is 1. The van der Waals surface area contributed by atoms with E-state index in [9.17, 15) is 0 Å². The second-order valence-corrected chi connectivity index (χ2v) is 16.3. The second-order valence-electron chi connectivity index (χ2n) is 15.2. The molecule has 245 valence electrons. The lowest BCUT2D eigenvalue weighted by molar-refractivity contribution is 0.590. The molecule has 1 N–H and O–H groups in total. The van der Waals surface area contributed by atoms with Crippen LogP contribution in [0.1, 0.15) is 63.6 Å². The van der Waals surface area contributed by atoms with Gasteiger partial charge in [-0.15, -0.1) is 11.3 Å². The molecule has 8 aromatic rings. The topological polar surface area (TPSA) is 17.0 Å². The first-order valence-electron chi connectivity index (χ1n) is 18.2. The van der Waals surface area contributed by atoms with Crippen LogP contribution < -0.4 is 16.2 Å². The molecular weight excluding hydrogens is 623 g/mol. The number of para-hydroxylation sites is 1. The Hall–Kier alpha value is -4.80. The SMILES string of the molecule is CCCCCc1ccc2c(c1)[B]c1c(-c3cc4c(cc3Nc3ccc(C(C)(C)C)cc3)sc3ccccc34)cc(C)c3c4ccccc4n-2c13. The van der Waals surface area contributed by atoms with Crippen LogP contribution in [0.25, 0.3) is 58.8 Å². The van der Waals surface area contributed by atoms with Crippen LogP contribution >= 0.6 is 11.3 Å². The third kappa shape index (κ3) is 5.07. The molecule has 9 rings (SSSR count). The largest absolute Gasteiger partial charge is 0.355 e. The highest BCUT2D eigenvalue weighted by atomic mass is 32.1. The number of rotatable bonds is 7. The lowest BCUT2D eigenvalue weighted by Gasteiger charge is -2.25. The summed E-state index contributed by atoms with van der Waals surface area (Å²) in [5, 5.41) is 9.21. The highest BCUT2D eigenvalue weighted by molar-refractivity contribution is 7.25. The predicted molar refractivity (Wildman–Crippen MR) is 221 cm³/mol. The Balaban J connectivity index is 1.30. The quantitative estimate of drug-likeness (QED) is 0.132. The van der Waals surface area contributed by atoms with E-state index in [1.807, 2.05) is 11.3 Å². The minimum Gasteiger partial charge on any atom is -0.355 e. The van der Waals surface area contributed by atoms with Gasteiger partial charge in [0.15, 0.2) is 7.28 Å². The third-order valence-electron chi connectivity index (χ3n) is 10.7. The Morgan fingerprint density at radius 2 is 1.52 bits per heavy atom. The fourth-order valence-corrected chi connectivity index (χ4v) is 9.25. The van der Waals surface area contributed by atoms with Crippen LogP contribution in [0.2, 0.25) is 0 Å². The average molecular weight is 666 g/mol. The van der Waals surface area contributed by atoms with Crippen LogP contribution in [0.5, 0.6) is 0 Å². The van der Waals surface area contributed by atoms with E-state index >= 15 is 0 Å². The number of hydrogen-bond acceptors (Lipinski definition) is 2. The molecule has 0 amide bonds. The smallest absolute Gasteiger partial charge is 0.197 e. The Kier molecular flexibility index (Phi) is 7.44. The zero-order valence-electron chi connectivity index (χ0n) is 29.7. The molecular formula is C46H42BN2S. The van der Waals surface area contributed by atoms with Crippen molar-refractivity contribution in [3.05, 3.63) is 126 Å². The highest BCUT2D eigenvalue weighted by Crippen LogP contribution is 2.43. The van der Waals surface area contributed by atoms with Gasteiger partial charge in [0.1, 0.15) is 0 Å². The maximum atomic E-state index is 3.91. The Morgan fingerprint density at radius 1 is 0.740 bits per heavy atom. The van der Waals surface area contributed by atoms with Crippen LogP contribution in [-0.4, -0.2) is 11.8 Å². The highest BCUT2D eigenvalue weighted by Gasteiger charge is 2.28. The van der Waals surface area contributed by atoms with Gasteiger partial charge in [0.2, 0.25) is 0 Å². The fraction of sp³-hybridized carbons (Fsp3) is 0.217. The number of aryl methyl sites for hydroxylation is 2. The molecule has 0 saturated heterocycles. The van der Waals surface area contributed by atoms with E-state index < -0.39 is 0 Å². The monoisotopic (exact) mass is 665 g/mol. The number of fused-ring (bicyclic) bond motifs is 8. The molecule has 0 unspecified atom stereocenters. The van der Waals surface area contributed by atoms with E-state index in [0.29, 0.717) is 0 Å². The average Bonchev–Trinajstić information content (AvgIpc) is 3.66. The summed E-state index contributed by atoms with van der Waals surface area (Å²) in [6, 6.07) is 41.2. The molecule has 2 nitrogen and oxygen atoms in total. The lowest BCUT2D eigenvalue weighted by Crippen LogP contribution is -2.37. The van der Waals surface area contributed by atoms with Gasteiger partial charge in [0.25, 0.3) is 0 Å². The first kappa shape index (κ1) is 31.2. The maximum absolute atomic E-state index is 3.91. The van der Waals surface area contributed by atoms with Gasteiger partial charge in [-0.3, -0.25) is 0 Å². The third-order valence-corrected chi connectivity index (χ3v) is 11.8. The lowest BCUT2D eigenvalue weighted by atomic mass is 9.58. The van der Waals surface area contributed by atoms with E-state index in [4.69, 9.17) is 0 Å². The van der Waals surface area contributed by atoms with Crippen molar-refractivity contribution in [3.63, 3.8) is 0 Å². The van der Waals surface area contributed by atoms with E-state index in [2.05, 4.69) is 161 Å². The van der Waals surface area contributed by atoms with Crippen LogP contribution in [0.4, 0.5) is 11.4 Å². The summed E-state index contributed by atoms with van der Waals surface area (Å²) in [5.41, 5.74) is 15.4.